The van der Waals surface area contributed by atoms with E-state index in [2.05, 4.69) is 15.6 Å². The van der Waals surface area contributed by atoms with E-state index in [0.29, 0.717) is 16.4 Å². The van der Waals surface area contributed by atoms with Crippen molar-refractivity contribution >= 4 is 23.2 Å². The van der Waals surface area contributed by atoms with Gasteiger partial charge in [-0.05, 0) is 49.7 Å². The molecule has 0 unspecified atom stereocenters. The van der Waals surface area contributed by atoms with Crippen molar-refractivity contribution in [2.24, 2.45) is 0 Å². The third-order valence-corrected chi connectivity index (χ3v) is 4.02. The molecule has 0 spiro atoms. The van der Waals surface area contributed by atoms with Gasteiger partial charge in [-0.3, -0.25) is 4.79 Å². The molecular formula is C18H17ClN4O2. The van der Waals surface area contributed by atoms with E-state index >= 15 is 0 Å². The standard InChI is InChI=1S/C18H17ClN4O2/c1-11-17(21-22-23(11)16-8-4-6-14(19)10-16)18(25)20-15-7-3-5-13(9-15)12(2)24/h3-10,12,24H,1-2H3,(H,20,25)/t12-/m1/s1. The van der Waals surface area contributed by atoms with Crippen molar-refractivity contribution in [2.45, 2.75) is 20.0 Å². The van der Waals surface area contributed by atoms with Gasteiger partial charge in [0.25, 0.3) is 5.91 Å². The predicted molar refractivity (Wildman–Crippen MR) is 96.1 cm³/mol. The Bertz CT molecular complexity index is 921. The molecule has 1 atom stereocenters. The maximum Gasteiger partial charge on any atom is 0.278 e. The molecule has 1 amide bonds. The van der Waals surface area contributed by atoms with Crippen LogP contribution in [0.5, 0.6) is 0 Å². The van der Waals surface area contributed by atoms with Gasteiger partial charge in [0.15, 0.2) is 5.69 Å². The lowest BCUT2D eigenvalue weighted by molar-refractivity contribution is 0.102. The van der Waals surface area contributed by atoms with Crippen LogP contribution in [0.3, 0.4) is 0 Å². The van der Waals surface area contributed by atoms with E-state index in [1.165, 1.54) is 0 Å². The van der Waals surface area contributed by atoms with Gasteiger partial charge in [-0.15, -0.1) is 5.10 Å². The highest BCUT2D eigenvalue weighted by Crippen LogP contribution is 2.19. The van der Waals surface area contributed by atoms with Crippen LogP contribution in [0, 0.1) is 6.92 Å². The molecule has 2 N–H and O–H groups in total. The lowest BCUT2D eigenvalue weighted by Gasteiger charge is -2.08. The minimum absolute atomic E-state index is 0.224. The molecule has 0 aliphatic heterocycles. The average Bonchev–Trinajstić information content (AvgIpc) is 2.96. The molecule has 128 valence electrons. The number of benzene rings is 2. The highest BCUT2D eigenvalue weighted by Gasteiger charge is 2.18. The van der Waals surface area contributed by atoms with Crippen molar-refractivity contribution in [1.29, 1.82) is 0 Å². The first-order chi connectivity index (χ1) is 12.0. The first-order valence-corrected chi connectivity index (χ1v) is 8.11. The quantitative estimate of drug-likeness (QED) is 0.749. The molecule has 0 saturated heterocycles. The minimum atomic E-state index is -0.609. The van der Waals surface area contributed by atoms with Gasteiger partial charge in [0.05, 0.1) is 17.5 Å². The summed E-state index contributed by atoms with van der Waals surface area (Å²) in [7, 11) is 0. The van der Waals surface area contributed by atoms with Crippen LogP contribution in [0.2, 0.25) is 5.02 Å². The molecule has 1 heterocycles. The van der Waals surface area contributed by atoms with Crippen LogP contribution >= 0.6 is 11.6 Å². The third-order valence-electron chi connectivity index (χ3n) is 3.79. The smallest absolute Gasteiger partial charge is 0.278 e. The SMILES string of the molecule is Cc1c(C(=O)Nc2cccc([C@@H](C)O)c2)nnn1-c1cccc(Cl)c1. The van der Waals surface area contributed by atoms with Gasteiger partial charge in [-0.25, -0.2) is 4.68 Å². The van der Waals surface area contributed by atoms with Gasteiger partial charge < -0.3 is 10.4 Å². The van der Waals surface area contributed by atoms with Crippen LogP contribution in [0.15, 0.2) is 48.5 Å². The number of carbonyl (C=O) groups is 1. The lowest BCUT2D eigenvalue weighted by Crippen LogP contribution is -2.14. The summed E-state index contributed by atoms with van der Waals surface area (Å²) in [5.74, 6) is -0.367. The second kappa shape index (κ2) is 7.04. The third kappa shape index (κ3) is 3.70. The van der Waals surface area contributed by atoms with E-state index < -0.39 is 6.10 Å². The molecule has 6 nitrogen and oxygen atoms in total. The Labute approximate surface area is 150 Å². The second-order valence-electron chi connectivity index (χ2n) is 5.67. The largest absolute Gasteiger partial charge is 0.389 e. The number of amides is 1. The number of anilines is 1. The van der Waals surface area contributed by atoms with E-state index in [-0.39, 0.29) is 11.6 Å². The first-order valence-electron chi connectivity index (χ1n) is 7.73. The number of hydrogen-bond donors (Lipinski definition) is 2. The number of rotatable bonds is 4. The summed E-state index contributed by atoms with van der Waals surface area (Å²) in [5.41, 5.74) is 2.86. The van der Waals surface area contributed by atoms with Crippen molar-refractivity contribution in [3.8, 4) is 5.69 Å². The molecule has 3 aromatic rings. The Morgan fingerprint density at radius 1 is 1.24 bits per heavy atom. The molecule has 0 aliphatic rings. The Balaban J connectivity index is 1.85. The summed E-state index contributed by atoms with van der Waals surface area (Å²) in [4.78, 5) is 12.5. The van der Waals surface area contributed by atoms with Gasteiger partial charge >= 0.3 is 0 Å². The average molecular weight is 357 g/mol. The zero-order valence-corrected chi connectivity index (χ0v) is 14.5. The fourth-order valence-electron chi connectivity index (χ4n) is 2.46. The summed E-state index contributed by atoms with van der Waals surface area (Å²) >= 11 is 6.00. The van der Waals surface area contributed by atoms with E-state index in [0.717, 1.165) is 11.3 Å². The zero-order chi connectivity index (χ0) is 18.0. The Hall–Kier alpha value is -2.70. The summed E-state index contributed by atoms with van der Waals surface area (Å²) in [5, 5.41) is 21.0. The molecule has 1 aromatic heterocycles. The van der Waals surface area contributed by atoms with Gasteiger partial charge in [0, 0.05) is 10.7 Å². The molecule has 0 saturated carbocycles. The van der Waals surface area contributed by atoms with E-state index in [9.17, 15) is 9.90 Å². The van der Waals surface area contributed by atoms with E-state index in [4.69, 9.17) is 11.6 Å². The van der Waals surface area contributed by atoms with Crippen molar-refractivity contribution in [3.63, 3.8) is 0 Å². The zero-order valence-electron chi connectivity index (χ0n) is 13.8. The number of aliphatic hydroxyl groups is 1. The van der Waals surface area contributed by atoms with Crippen molar-refractivity contribution < 1.29 is 9.90 Å². The highest BCUT2D eigenvalue weighted by atomic mass is 35.5. The maximum absolute atomic E-state index is 12.5. The van der Waals surface area contributed by atoms with Gasteiger partial charge in [0.2, 0.25) is 0 Å². The molecule has 0 fully saturated rings. The Morgan fingerprint density at radius 3 is 2.72 bits per heavy atom. The molecular weight excluding hydrogens is 340 g/mol. The molecule has 3 rings (SSSR count). The van der Waals surface area contributed by atoms with Crippen molar-refractivity contribution in [1.82, 2.24) is 15.0 Å². The number of aromatic nitrogens is 3. The first kappa shape index (κ1) is 17.1. The van der Waals surface area contributed by atoms with Crippen molar-refractivity contribution in [3.05, 3.63) is 70.5 Å². The Morgan fingerprint density at radius 2 is 2.00 bits per heavy atom. The van der Waals surface area contributed by atoms with Crippen LogP contribution in [0.4, 0.5) is 5.69 Å². The van der Waals surface area contributed by atoms with Gasteiger partial charge in [-0.1, -0.05) is 35.0 Å². The van der Waals surface area contributed by atoms with Gasteiger partial charge in [0.1, 0.15) is 0 Å². The Kier molecular flexibility index (Phi) is 4.83. The maximum atomic E-state index is 12.5. The molecule has 25 heavy (non-hydrogen) atoms. The summed E-state index contributed by atoms with van der Waals surface area (Å²) in [6.45, 7) is 3.43. The predicted octanol–water partition coefficient (Wildman–Crippen LogP) is 3.53. The normalized spacial score (nSPS) is 12.0. The summed E-state index contributed by atoms with van der Waals surface area (Å²) in [6, 6.07) is 14.2. The van der Waals surface area contributed by atoms with E-state index in [1.807, 2.05) is 6.07 Å². The number of nitrogens with zero attached hydrogens (tertiary/aromatic N) is 3. The fourth-order valence-corrected chi connectivity index (χ4v) is 2.64. The van der Waals surface area contributed by atoms with E-state index in [1.54, 1.807) is 61.0 Å². The minimum Gasteiger partial charge on any atom is -0.389 e. The lowest BCUT2D eigenvalue weighted by atomic mass is 10.1. The van der Waals surface area contributed by atoms with Crippen LogP contribution in [0.25, 0.3) is 5.69 Å². The monoisotopic (exact) mass is 356 g/mol. The van der Waals surface area contributed by atoms with Crippen LogP contribution in [-0.2, 0) is 0 Å². The van der Waals surface area contributed by atoms with Gasteiger partial charge in [-0.2, -0.15) is 0 Å². The van der Waals surface area contributed by atoms with Crippen LogP contribution in [-0.4, -0.2) is 26.0 Å². The number of aliphatic hydroxyl groups excluding tert-OH is 1. The molecule has 0 bridgehead atoms. The number of hydrogen-bond acceptors (Lipinski definition) is 4. The topological polar surface area (TPSA) is 80.0 Å². The molecule has 0 radical (unpaired) electrons. The molecule has 2 aromatic carbocycles. The van der Waals surface area contributed by atoms with Crippen LogP contribution < -0.4 is 5.32 Å². The fraction of sp³-hybridized carbons (Fsp3) is 0.167. The number of halogens is 1. The molecule has 7 heteroatoms. The molecule has 0 aliphatic carbocycles. The summed E-state index contributed by atoms with van der Waals surface area (Å²) in [6.07, 6.45) is -0.609. The number of nitrogens with one attached hydrogen (secondary N) is 1. The second-order valence-corrected chi connectivity index (χ2v) is 6.11. The number of carbonyl (C=O) groups excluding carboxylic acids is 1. The van der Waals surface area contributed by atoms with Crippen LogP contribution in [0.1, 0.15) is 34.8 Å². The van der Waals surface area contributed by atoms with Crippen molar-refractivity contribution in [2.75, 3.05) is 5.32 Å². The highest BCUT2D eigenvalue weighted by molar-refractivity contribution is 6.30. The summed E-state index contributed by atoms with van der Waals surface area (Å²) < 4.78 is 1.56.